The van der Waals surface area contributed by atoms with Gasteiger partial charge in [0.05, 0.1) is 29.4 Å². The topological polar surface area (TPSA) is 55.1 Å². The van der Waals surface area contributed by atoms with Gasteiger partial charge in [0.25, 0.3) is 0 Å². The number of hydrazone groups is 1. The summed E-state index contributed by atoms with van der Waals surface area (Å²) in [5.74, 6) is -0.351. The van der Waals surface area contributed by atoms with Gasteiger partial charge in [0.2, 0.25) is 0 Å². The van der Waals surface area contributed by atoms with E-state index in [9.17, 15) is 4.39 Å². The molecule has 0 amide bonds. The summed E-state index contributed by atoms with van der Waals surface area (Å²) < 4.78 is 15.9. The predicted molar refractivity (Wildman–Crippen MR) is 109 cm³/mol. The molecule has 4 rings (SSSR count). The number of nitrogens with one attached hydrogen (secondary N) is 1. The summed E-state index contributed by atoms with van der Waals surface area (Å²) in [6.45, 7) is 0. The van der Waals surface area contributed by atoms with Crippen molar-refractivity contribution in [3.63, 3.8) is 0 Å². The van der Waals surface area contributed by atoms with Crippen LogP contribution in [0.5, 0.6) is 0 Å². The summed E-state index contributed by atoms with van der Waals surface area (Å²) in [5, 5.41) is 5.72. The first kappa shape index (κ1) is 18.8. The van der Waals surface area contributed by atoms with Crippen LogP contribution in [0, 0.1) is 5.82 Å². The van der Waals surface area contributed by atoms with E-state index in [2.05, 4.69) is 20.5 Å². The van der Waals surface area contributed by atoms with E-state index in [1.807, 2.05) is 12.1 Å². The Bertz CT molecular complexity index is 1100. The zero-order chi connectivity index (χ0) is 17.9. The first-order valence-corrected chi connectivity index (χ1v) is 8.20. The number of fused-ring (bicyclic) bond motifs is 1. The number of anilines is 1. The van der Waals surface area contributed by atoms with Crippen molar-refractivity contribution < 1.29 is 4.39 Å². The lowest BCUT2D eigenvalue weighted by molar-refractivity contribution is 0.618. The molecule has 2 heterocycles. The van der Waals surface area contributed by atoms with Crippen LogP contribution in [0.15, 0.2) is 72.5 Å². The Kier molecular flexibility index (Phi) is 5.69. The highest BCUT2D eigenvalue weighted by Gasteiger charge is 2.05. The van der Waals surface area contributed by atoms with Gasteiger partial charge in [-0.05, 0) is 42.0 Å². The normalized spacial score (nSPS) is 10.9. The number of halogens is 3. The number of hydrogen-bond donors (Lipinski definition) is 1. The Labute approximate surface area is 165 Å². The smallest absolute Gasteiger partial charge is 0.147 e. The molecule has 0 aliphatic heterocycles. The van der Waals surface area contributed by atoms with E-state index < -0.39 is 0 Å². The molecule has 0 bridgehead atoms. The van der Waals surface area contributed by atoms with Crippen molar-refractivity contribution in [1.29, 1.82) is 0 Å². The Hall–Kier alpha value is -2.96. The molecule has 0 unspecified atom stereocenters. The fraction of sp³-hybridized carbons (Fsp3) is 0. The summed E-state index contributed by atoms with van der Waals surface area (Å²) in [5.41, 5.74) is 5.60. The molecular weight excluding hydrogens is 388 g/mol. The third-order valence-electron chi connectivity index (χ3n) is 3.86. The molecule has 0 atom stereocenters. The summed E-state index contributed by atoms with van der Waals surface area (Å²) in [6.07, 6.45) is 8.08. The van der Waals surface area contributed by atoms with E-state index in [4.69, 9.17) is 11.6 Å². The Morgan fingerprint density at radius 3 is 2.78 bits per heavy atom. The maximum atomic E-state index is 14.3. The van der Waals surface area contributed by atoms with Crippen molar-refractivity contribution in [1.82, 2.24) is 14.5 Å². The summed E-state index contributed by atoms with van der Waals surface area (Å²) in [6, 6.07) is 12.2. The lowest BCUT2D eigenvalue weighted by Gasteiger charge is -2.06. The molecule has 8 heteroatoms. The maximum Gasteiger partial charge on any atom is 0.147 e. The van der Waals surface area contributed by atoms with Crippen LogP contribution in [0.3, 0.4) is 0 Å². The van der Waals surface area contributed by atoms with Crippen LogP contribution in [0.25, 0.3) is 16.6 Å². The van der Waals surface area contributed by atoms with Gasteiger partial charge in [-0.1, -0.05) is 17.7 Å². The molecule has 0 aliphatic rings. The van der Waals surface area contributed by atoms with E-state index >= 15 is 0 Å². The second kappa shape index (κ2) is 8.16. The fourth-order valence-corrected chi connectivity index (χ4v) is 2.78. The minimum Gasteiger partial charge on any atom is -0.303 e. The summed E-state index contributed by atoms with van der Waals surface area (Å²) in [7, 11) is 0. The number of benzene rings is 2. The van der Waals surface area contributed by atoms with Crippen LogP contribution >= 0.6 is 24.0 Å². The average molecular weight is 402 g/mol. The van der Waals surface area contributed by atoms with E-state index in [0.717, 1.165) is 16.6 Å². The van der Waals surface area contributed by atoms with Crippen molar-refractivity contribution in [2.24, 2.45) is 5.10 Å². The first-order valence-electron chi connectivity index (χ1n) is 7.82. The van der Waals surface area contributed by atoms with E-state index in [1.54, 1.807) is 60.0 Å². The van der Waals surface area contributed by atoms with Gasteiger partial charge >= 0.3 is 0 Å². The zero-order valence-electron chi connectivity index (χ0n) is 13.9. The lowest BCUT2D eigenvalue weighted by Crippen LogP contribution is -1.97. The van der Waals surface area contributed by atoms with Gasteiger partial charge < -0.3 is 4.57 Å². The van der Waals surface area contributed by atoms with Crippen LogP contribution in [0.4, 0.5) is 10.1 Å². The number of nitrogens with zero attached hydrogens (tertiary/aromatic N) is 4. The third kappa shape index (κ3) is 4.07. The van der Waals surface area contributed by atoms with Crippen LogP contribution in [0.2, 0.25) is 5.02 Å². The minimum atomic E-state index is -0.351. The van der Waals surface area contributed by atoms with Crippen LogP contribution in [-0.2, 0) is 0 Å². The van der Waals surface area contributed by atoms with Crippen molar-refractivity contribution >= 4 is 46.8 Å². The highest BCUT2D eigenvalue weighted by Crippen LogP contribution is 2.24. The Morgan fingerprint density at radius 1 is 1.11 bits per heavy atom. The molecule has 4 aromatic rings. The maximum absolute atomic E-state index is 14.3. The van der Waals surface area contributed by atoms with Gasteiger partial charge in [-0.3, -0.25) is 10.4 Å². The molecule has 5 nitrogen and oxygen atoms in total. The second-order valence-electron chi connectivity index (χ2n) is 5.57. The molecule has 136 valence electrons. The molecule has 1 N–H and O–H groups in total. The zero-order valence-corrected chi connectivity index (χ0v) is 15.5. The SMILES string of the molecule is Cl.Fc1cc(/C=N/Nc2ccnc3cc(Cl)ccc23)ccc1-n1ccnc1. The van der Waals surface area contributed by atoms with Gasteiger partial charge in [0.1, 0.15) is 5.82 Å². The molecular formula is C19H14Cl2FN5. The largest absolute Gasteiger partial charge is 0.303 e. The minimum absolute atomic E-state index is 0. The molecule has 0 radical (unpaired) electrons. The van der Waals surface area contributed by atoms with Crippen molar-refractivity contribution in [3.8, 4) is 5.69 Å². The molecule has 0 aliphatic carbocycles. The van der Waals surface area contributed by atoms with Crippen LogP contribution < -0.4 is 5.43 Å². The van der Waals surface area contributed by atoms with Gasteiger partial charge in [-0.15, -0.1) is 12.4 Å². The van der Waals surface area contributed by atoms with Gasteiger partial charge in [-0.25, -0.2) is 9.37 Å². The summed E-state index contributed by atoms with van der Waals surface area (Å²) in [4.78, 5) is 8.20. The molecule has 0 spiro atoms. The number of aromatic nitrogens is 3. The third-order valence-corrected chi connectivity index (χ3v) is 4.09. The van der Waals surface area contributed by atoms with Gasteiger partial charge in [0, 0.05) is 29.0 Å². The molecule has 2 aromatic heterocycles. The monoisotopic (exact) mass is 401 g/mol. The predicted octanol–water partition coefficient (Wildman–Crippen LogP) is 5.08. The summed E-state index contributed by atoms with van der Waals surface area (Å²) >= 11 is 5.99. The quantitative estimate of drug-likeness (QED) is 0.383. The molecule has 0 saturated heterocycles. The second-order valence-corrected chi connectivity index (χ2v) is 6.01. The van der Waals surface area contributed by atoms with E-state index in [0.29, 0.717) is 16.3 Å². The van der Waals surface area contributed by atoms with Crippen molar-refractivity contribution in [3.05, 3.63) is 83.8 Å². The van der Waals surface area contributed by atoms with Gasteiger partial charge in [-0.2, -0.15) is 5.10 Å². The molecule has 27 heavy (non-hydrogen) atoms. The molecule has 2 aromatic carbocycles. The van der Waals surface area contributed by atoms with Crippen LogP contribution in [-0.4, -0.2) is 20.7 Å². The van der Waals surface area contributed by atoms with Crippen molar-refractivity contribution in [2.45, 2.75) is 0 Å². The highest BCUT2D eigenvalue weighted by atomic mass is 35.5. The Balaban J connectivity index is 0.00000210. The highest BCUT2D eigenvalue weighted by molar-refractivity contribution is 6.31. The first-order chi connectivity index (χ1) is 12.7. The number of imidazole rings is 1. The van der Waals surface area contributed by atoms with Crippen molar-refractivity contribution in [2.75, 3.05) is 5.43 Å². The fourth-order valence-electron chi connectivity index (χ4n) is 2.61. The Morgan fingerprint density at radius 2 is 2.00 bits per heavy atom. The number of rotatable bonds is 4. The lowest BCUT2D eigenvalue weighted by atomic mass is 10.2. The standard InChI is InChI=1S/C19H13ClFN5.ClH/c20-14-2-3-15-17(5-6-23-18(15)10-14)25-24-11-13-1-4-19(16(21)9-13)26-8-7-22-12-26;/h1-12H,(H,23,25);1H/b24-11+;. The van der Waals surface area contributed by atoms with E-state index in [1.165, 1.54) is 6.07 Å². The molecule has 0 saturated carbocycles. The number of hydrogen-bond acceptors (Lipinski definition) is 4. The van der Waals surface area contributed by atoms with E-state index in [-0.39, 0.29) is 18.2 Å². The number of pyridine rings is 1. The average Bonchev–Trinajstić information content (AvgIpc) is 3.16. The van der Waals surface area contributed by atoms with Crippen LogP contribution in [0.1, 0.15) is 5.56 Å². The van der Waals surface area contributed by atoms with Gasteiger partial charge in [0.15, 0.2) is 0 Å². The molecule has 0 fully saturated rings.